The Hall–Kier alpha value is 0.980. The molecule has 4 nitrogen and oxygen atoms in total. The first-order valence-electron chi connectivity index (χ1n) is 1.17. The summed E-state index contributed by atoms with van der Waals surface area (Å²) >= 11 is -0.356. The van der Waals surface area contributed by atoms with Crippen molar-refractivity contribution in [1.82, 2.24) is 0 Å². The molecule has 0 aliphatic rings. The molecule has 0 aliphatic carbocycles. The molecule has 0 aromatic rings. The molecule has 0 radical (unpaired) electrons. The molecule has 6 heteroatoms. The zero-order valence-corrected chi connectivity index (χ0v) is 9.76. The van der Waals surface area contributed by atoms with E-state index >= 15 is 0 Å². The Labute approximate surface area is 49.9 Å². The van der Waals surface area contributed by atoms with E-state index in [0.717, 1.165) is 0 Å². The van der Waals surface area contributed by atoms with Crippen molar-refractivity contribution in [2.75, 3.05) is 0 Å². The maximum atomic E-state index is 9.52. The maximum absolute atomic E-state index is 9.52. The summed E-state index contributed by atoms with van der Waals surface area (Å²) in [5.74, 6) is 0. The van der Waals surface area contributed by atoms with E-state index in [0.29, 0.717) is 0 Å². The van der Waals surface area contributed by atoms with Crippen LogP contribution in [0.4, 0.5) is 0 Å². The van der Waals surface area contributed by atoms with Gasteiger partial charge in [-0.3, -0.25) is 0 Å². The molecule has 2 N–H and O–H groups in total. The van der Waals surface area contributed by atoms with Gasteiger partial charge < -0.3 is 0 Å². The van der Waals surface area contributed by atoms with E-state index in [-0.39, 0.29) is 24.8 Å². The van der Waals surface area contributed by atoms with E-state index in [2.05, 4.69) is 2.64 Å². The first kappa shape index (κ1) is 6.98. The molecule has 0 aromatic carbocycles. The molecule has 0 bridgehead atoms. The van der Waals surface area contributed by atoms with Gasteiger partial charge in [-0.15, -0.1) is 0 Å². The molecule has 0 rings (SSSR count). The number of phosphoric acid groups is 1. The Balaban J connectivity index is 3.48. The number of rotatable bonds is 1. The molecule has 0 spiro atoms. The van der Waals surface area contributed by atoms with Crippen LogP contribution in [0, 0.1) is 0 Å². The van der Waals surface area contributed by atoms with Gasteiger partial charge in [0.05, 0.1) is 0 Å². The second-order valence-corrected chi connectivity index (χ2v) is 5.15. The molecule has 0 heterocycles. The van der Waals surface area contributed by atoms with Gasteiger partial charge in [0.25, 0.3) is 0 Å². The van der Waals surface area contributed by atoms with Gasteiger partial charge in [0.15, 0.2) is 0 Å². The average Bonchev–Trinajstić information content (AvgIpc) is 1.35. The standard InChI is InChI=1S/In.H3O4P.2H/c;1-5(2,3)4;;/h;(H3,1,2,3,4);;/q+1;;;/p-1. The topological polar surface area (TPSA) is 66.8 Å². The van der Waals surface area contributed by atoms with E-state index in [1.165, 1.54) is 0 Å². The van der Waals surface area contributed by atoms with Gasteiger partial charge in [-0.25, -0.2) is 0 Å². The summed E-state index contributed by atoms with van der Waals surface area (Å²) in [6, 6.07) is 0. The van der Waals surface area contributed by atoms with E-state index < -0.39 is 7.82 Å². The molecule has 0 aliphatic heterocycles. The van der Waals surface area contributed by atoms with Crippen LogP contribution in [0.5, 0.6) is 0 Å². The molecule has 0 atom stereocenters. The molecule has 6 heavy (non-hydrogen) atoms. The third-order valence-corrected chi connectivity index (χ3v) is 4.79. The summed E-state index contributed by atoms with van der Waals surface area (Å²) in [5.41, 5.74) is 0. The molecule has 0 aromatic heterocycles. The first-order valence-corrected chi connectivity index (χ1v) is 5.03. The molecule has 0 unspecified atom stereocenters. The van der Waals surface area contributed by atoms with Gasteiger partial charge in [0, 0.05) is 0 Å². The van der Waals surface area contributed by atoms with Gasteiger partial charge in [-0.2, -0.15) is 0 Å². The quantitative estimate of drug-likeness (QED) is 0.529. The second-order valence-electron chi connectivity index (χ2n) is 0.673. The van der Waals surface area contributed by atoms with E-state index in [9.17, 15) is 4.57 Å². The predicted molar refractivity (Wildman–Crippen MR) is 21.7 cm³/mol. The van der Waals surface area contributed by atoms with Crippen LogP contribution >= 0.6 is 7.82 Å². The van der Waals surface area contributed by atoms with E-state index in [1.807, 2.05) is 0 Å². The van der Waals surface area contributed by atoms with Gasteiger partial charge in [-0.05, 0) is 0 Å². The Kier molecular flexibility index (Phi) is 2.71. The van der Waals surface area contributed by atoms with Crippen molar-refractivity contribution >= 4 is 32.6 Å². The third-order valence-electron chi connectivity index (χ3n) is 0.238. The Morgan fingerprint density at radius 1 is 1.67 bits per heavy atom. The van der Waals surface area contributed by atoms with Crippen molar-refractivity contribution < 1.29 is 17.0 Å². The Morgan fingerprint density at radius 3 is 1.83 bits per heavy atom. The van der Waals surface area contributed by atoms with Crippen molar-refractivity contribution in [1.29, 1.82) is 0 Å². The van der Waals surface area contributed by atoms with E-state index in [1.54, 1.807) is 0 Å². The van der Waals surface area contributed by atoms with Crippen molar-refractivity contribution in [2.45, 2.75) is 0 Å². The fourth-order valence-electron chi connectivity index (χ4n) is 0. The van der Waals surface area contributed by atoms with Gasteiger partial charge >= 0.3 is 49.6 Å². The molecular formula is H4InO4P. The molecule has 36 valence electrons. The monoisotopic (exact) mass is 214 g/mol. The molecule has 0 fully saturated rings. The predicted octanol–water partition coefficient (Wildman–Crippen LogP) is -1.36. The zero-order chi connectivity index (χ0) is 5.21. The van der Waals surface area contributed by atoms with Crippen molar-refractivity contribution in [3.8, 4) is 0 Å². The van der Waals surface area contributed by atoms with Crippen molar-refractivity contribution in [3.63, 3.8) is 0 Å². The summed E-state index contributed by atoms with van der Waals surface area (Å²) in [4.78, 5) is 15.5. The van der Waals surface area contributed by atoms with Gasteiger partial charge in [0.1, 0.15) is 0 Å². The van der Waals surface area contributed by atoms with Crippen LogP contribution in [0.15, 0.2) is 0 Å². The fraction of sp³-hybridized carbons (Fsp3) is 0. The summed E-state index contributed by atoms with van der Waals surface area (Å²) < 4.78 is 13.3. The minimum atomic E-state index is -4.05. The van der Waals surface area contributed by atoms with E-state index in [4.69, 9.17) is 9.79 Å². The average molecular weight is 214 g/mol. The zero-order valence-electron chi connectivity index (χ0n) is 3.16. The first-order chi connectivity index (χ1) is 2.56. The second kappa shape index (κ2) is 2.33. The van der Waals surface area contributed by atoms with Crippen LogP contribution in [0.1, 0.15) is 0 Å². The van der Waals surface area contributed by atoms with Crippen molar-refractivity contribution in [2.24, 2.45) is 0 Å². The normalized spacial score (nSPS) is 11.7. The van der Waals surface area contributed by atoms with Gasteiger partial charge in [0.2, 0.25) is 0 Å². The van der Waals surface area contributed by atoms with Crippen LogP contribution in [0.3, 0.4) is 0 Å². The molecule has 0 amide bonds. The summed E-state index contributed by atoms with van der Waals surface area (Å²) in [6.45, 7) is 0. The number of hydrogen-bond donors (Lipinski definition) is 2. The Morgan fingerprint density at radius 2 is 1.83 bits per heavy atom. The van der Waals surface area contributed by atoms with Gasteiger partial charge in [-0.1, -0.05) is 0 Å². The van der Waals surface area contributed by atoms with Crippen LogP contribution in [0.2, 0.25) is 0 Å². The fourth-order valence-corrected chi connectivity index (χ4v) is 0. The molecule has 0 saturated carbocycles. The minimum absolute atomic E-state index is 0.356. The SMILES string of the molecule is O=P(O)(O)[O][InH2]. The van der Waals surface area contributed by atoms with Crippen LogP contribution in [-0.4, -0.2) is 34.6 Å². The van der Waals surface area contributed by atoms with Crippen LogP contribution in [0.25, 0.3) is 0 Å². The third kappa shape index (κ3) is 4.98. The summed E-state index contributed by atoms with van der Waals surface area (Å²) in [7, 11) is -4.05. The van der Waals surface area contributed by atoms with Crippen LogP contribution < -0.4 is 0 Å². The Bertz CT molecular complexity index is 71.6. The van der Waals surface area contributed by atoms with Crippen LogP contribution in [-0.2, 0) is 7.21 Å². The molecule has 0 saturated heterocycles. The summed E-state index contributed by atoms with van der Waals surface area (Å²) in [5, 5.41) is 0. The summed E-state index contributed by atoms with van der Waals surface area (Å²) in [6.07, 6.45) is 0. The number of hydrogen-bond acceptors (Lipinski definition) is 2. The van der Waals surface area contributed by atoms with Crippen molar-refractivity contribution in [3.05, 3.63) is 0 Å². The molecular weight excluding hydrogens is 210 g/mol.